The molecule has 2 aromatic heterocycles. The number of amides is 1. The second-order valence-electron chi connectivity index (χ2n) is 4.65. The molecule has 0 radical (unpaired) electrons. The van der Waals surface area contributed by atoms with Crippen LogP contribution in [0.1, 0.15) is 20.3 Å². The zero-order valence-electron chi connectivity index (χ0n) is 11.6. The first-order valence-corrected chi connectivity index (χ1v) is 6.49. The number of carbonyl (C=O) groups excluding carboxylic acids is 1. The first-order chi connectivity index (χ1) is 9.65. The number of nitrogens with zero attached hydrogens (tertiary/aromatic N) is 4. The molecule has 0 atom stereocenters. The Labute approximate surface area is 117 Å². The standard InChI is InChI=1S/C13H18N6O/c1-10(2)15-6-5-13(20)18-11-3-4-12(16-7-11)19-9-14-8-17-19/h3-4,7-10,15H,5-6H2,1-2H3,(H,18,20). The molecule has 0 spiro atoms. The van der Waals surface area contributed by atoms with Gasteiger partial charge in [-0.25, -0.2) is 14.6 Å². The van der Waals surface area contributed by atoms with Gasteiger partial charge >= 0.3 is 0 Å². The molecule has 106 valence electrons. The molecule has 0 saturated heterocycles. The molecular formula is C13H18N6O. The predicted molar refractivity (Wildman–Crippen MR) is 75.5 cm³/mol. The molecule has 7 nitrogen and oxygen atoms in total. The zero-order chi connectivity index (χ0) is 14.4. The van der Waals surface area contributed by atoms with Crippen molar-refractivity contribution in [2.75, 3.05) is 11.9 Å². The van der Waals surface area contributed by atoms with Gasteiger partial charge in [-0.05, 0) is 12.1 Å². The van der Waals surface area contributed by atoms with E-state index in [1.165, 1.54) is 6.33 Å². The van der Waals surface area contributed by atoms with Gasteiger partial charge in [0.25, 0.3) is 0 Å². The molecule has 2 heterocycles. The summed E-state index contributed by atoms with van der Waals surface area (Å²) in [6.07, 6.45) is 5.05. The Morgan fingerprint density at radius 2 is 2.25 bits per heavy atom. The Morgan fingerprint density at radius 3 is 2.85 bits per heavy atom. The van der Waals surface area contributed by atoms with E-state index >= 15 is 0 Å². The van der Waals surface area contributed by atoms with E-state index in [4.69, 9.17) is 0 Å². The molecule has 0 aliphatic carbocycles. The number of nitrogens with one attached hydrogen (secondary N) is 2. The van der Waals surface area contributed by atoms with Crippen molar-refractivity contribution in [3.05, 3.63) is 31.0 Å². The lowest BCUT2D eigenvalue weighted by molar-refractivity contribution is -0.116. The van der Waals surface area contributed by atoms with Gasteiger partial charge < -0.3 is 10.6 Å². The number of hydrogen-bond donors (Lipinski definition) is 2. The maximum Gasteiger partial charge on any atom is 0.225 e. The summed E-state index contributed by atoms with van der Waals surface area (Å²) < 4.78 is 1.55. The number of anilines is 1. The second-order valence-corrected chi connectivity index (χ2v) is 4.65. The molecule has 0 aliphatic heterocycles. The van der Waals surface area contributed by atoms with Crippen LogP contribution in [0, 0.1) is 0 Å². The summed E-state index contributed by atoms with van der Waals surface area (Å²) in [7, 11) is 0. The summed E-state index contributed by atoms with van der Waals surface area (Å²) in [5.41, 5.74) is 0.670. The first-order valence-electron chi connectivity index (χ1n) is 6.49. The molecule has 7 heteroatoms. The van der Waals surface area contributed by atoms with Crippen LogP contribution < -0.4 is 10.6 Å². The van der Waals surface area contributed by atoms with Crippen LogP contribution in [0.15, 0.2) is 31.0 Å². The van der Waals surface area contributed by atoms with Crippen molar-refractivity contribution >= 4 is 11.6 Å². The fourth-order valence-electron chi connectivity index (χ4n) is 1.62. The van der Waals surface area contributed by atoms with E-state index in [2.05, 4.69) is 25.7 Å². The maximum absolute atomic E-state index is 11.7. The van der Waals surface area contributed by atoms with Crippen LogP contribution in [-0.4, -0.2) is 38.2 Å². The minimum atomic E-state index is -0.0338. The smallest absolute Gasteiger partial charge is 0.225 e. The third-order valence-corrected chi connectivity index (χ3v) is 2.59. The molecule has 2 N–H and O–H groups in total. The molecule has 0 bridgehead atoms. The molecule has 2 aromatic rings. The highest BCUT2D eigenvalue weighted by Gasteiger charge is 2.04. The molecule has 0 unspecified atom stereocenters. The average Bonchev–Trinajstić information content (AvgIpc) is 2.93. The lowest BCUT2D eigenvalue weighted by Gasteiger charge is -2.08. The van der Waals surface area contributed by atoms with Crippen LogP contribution in [0.25, 0.3) is 5.82 Å². The number of carbonyl (C=O) groups is 1. The van der Waals surface area contributed by atoms with Crippen molar-refractivity contribution in [3.63, 3.8) is 0 Å². The third-order valence-electron chi connectivity index (χ3n) is 2.59. The maximum atomic E-state index is 11.7. The van der Waals surface area contributed by atoms with E-state index < -0.39 is 0 Å². The van der Waals surface area contributed by atoms with Gasteiger partial charge in [-0.1, -0.05) is 13.8 Å². The van der Waals surface area contributed by atoms with Crippen molar-refractivity contribution in [2.45, 2.75) is 26.3 Å². The monoisotopic (exact) mass is 274 g/mol. The summed E-state index contributed by atoms with van der Waals surface area (Å²) >= 11 is 0. The molecule has 0 saturated carbocycles. The molecule has 0 fully saturated rings. The predicted octanol–water partition coefficient (Wildman–Crippen LogP) is 0.989. The molecule has 2 rings (SSSR count). The van der Waals surface area contributed by atoms with Crippen molar-refractivity contribution in [1.29, 1.82) is 0 Å². The van der Waals surface area contributed by atoms with E-state index in [1.54, 1.807) is 29.3 Å². The molecule has 1 amide bonds. The van der Waals surface area contributed by atoms with Gasteiger partial charge in [0, 0.05) is 19.0 Å². The Morgan fingerprint density at radius 1 is 1.40 bits per heavy atom. The van der Waals surface area contributed by atoms with Crippen LogP contribution >= 0.6 is 0 Å². The SMILES string of the molecule is CC(C)NCCC(=O)Nc1ccc(-n2cncn2)nc1. The van der Waals surface area contributed by atoms with E-state index in [1.807, 2.05) is 13.8 Å². The quantitative estimate of drug-likeness (QED) is 0.820. The highest BCUT2D eigenvalue weighted by molar-refractivity contribution is 5.90. The number of hydrogen-bond acceptors (Lipinski definition) is 5. The minimum Gasteiger partial charge on any atom is -0.325 e. The highest BCUT2D eigenvalue weighted by atomic mass is 16.1. The average molecular weight is 274 g/mol. The summed E-state index contributed by atoms with van der Waals surface area (Å²) in [4.78, 5) is 19.8. The van der Waals surface area contributed by atoms with Crippen molar-refractivity contribution in [2.24, 2.45) is 0 Å². The number of aromatic nitrogens is 4. The van der Waals surface area contributed by atoms with E-state index in [-0.39, 0.29) is 5.91 Å². The summed E-state index contributed by atoms with van der Waals surface area (Å²) in [6, 6.07) is 3.94. The summed E-state index contributed by atoms with van der Waals surface area (Å²) in [6.45, 7) is 4.75. The largest absolute Gasteiger partial charge is 0.325 e. The van der Waals surface area contributed by atoms with Crippen molar-refractivity contribution in [3.8, 4) is 5.82 Å². The van der Waals surface area contributed by atoms with Gasteiger partial charge in [-0.15, -0.1) is 0 Å². The van der Waals surface area contributed by atoms with Gasteiger partial charge in [0.05, 0.1) is 11.9 Å². The van der Waals surface area contributed by atoms with E-state index in [0.29, 0.717) is 30.5 Å². The fraction of sp³-hybridized carbons (Fsp3) is 0.385. The van der Waals surface area contributed by atoms with Gasteiger partial charge in [0.2, 0.25) is 5.91 Å². The van der Waals surface area contributed by atoms with Gasteiger partial charge in [0.15, 0.2) is 5.82 Å². The van der Waals surface area contributed by atoms with Gasteiger partial charge in [-0.3, -0.25) is 4.79 Å². The fourth-order valence-corrected chi connectivity index (χ4v) is 1.62. The Balaban J connectivity index is 1.86. The highest BCUT2D eigenvalue weighted by Crippen LogP contribution is 2.08. The van der Waals surface area contributed by atoms with Crippen molar-refractivity contribution < 1.29 is 4.79 Å². The second kappa shape index (κ2) is 6.76. The van der Waals surface area contributed by atoms with E-state index in [0.717, 1.165) is 0 Å². The van der Waals surface area contributed by atoms with Crippen molar-refractivity contribution in [1.82, 2.24) is 25.1 Å². The minimum absolute atomic E-state index is 0.0338. The summed E-state index contributed by atoms with van der Waals surface area (Å²) in [5.74, 6) is 0.621. The number of pyridine rings is 1. The van der Waals surface area contributed by atoms with Gasteiger partial charge in [0.1, 0.15) is 12.7 Å². The summed E-state index contributed by atoms with van der Waals surface area (Å²) in [5, 5.41) is 9.98. The Hall–Kier alpha value is -2.28. The van der Waals surface area contributed by atoms with Crippen LogP contribution in [0.4, 0.5) is 5.69 Å². The van der Waals surface area contributed by atoms with Crippen LogP contribution in [0.2, 0.25) is 0 Å². The van der Waals surface area contributed by atoms with E-state index in [9.17, 15) is 4.79 Å². The van der Waals surface area contributed by atoms with Gasteiger partial charge in [-0.2, -0.15) is 5.10 Å². The lowest BCUT2D eigenvalue weighted by Crippen LogP contribution is -2.27. The van der Waals surface area contributed by atoms with Crippen LogP contribution in [0.5, 0.6) is 0 Å². The lowest BCUT2D eigenvalue weighted by atomic mass is 10.3. The third kappa shape index (κ3) is 4.13. The Bertz CT molecular complexity index is 534. The zero-order valence-corrected chi connectivity index (χ0v) is 11.6. The molecule has 0 aliphatic rings. The Kier molecular flexibility index (Phi) is 4.78. The number of rotatable bonds is 6. The van der Waals surface area contributed by atoms with Crippen LogP contribution in [0.3, 0.4) is 0 Å². The molecule has 20 heavy (non-hydrogen) atoms. The van der Waals surface area contributed by atoms with Crippen LogP contribution in [-0.2, 0) is 4.79 Å². The topological polar surface area (TPSA) is 84.7 Å². The molecule has 0 aromatic carbocycles. The first kappa shape index (κ1) is 14.1. The normalized spacial score (nSPS) is 10.8. The molecular weight excluding hydrogens is 256 g/mol.